The van der Waals surface area contributed by atoms with Crippen LogP contribution in [0.3, 0.4) is 0 Å². The van der Waals surface area contributed by atoms with E-state index in [0.717, 1.165) is 19.3 Å². The smallest absolute Gasteiger partial charge is 0.0427 e. The summed E-state index contributed by atoms with van der Waals surface area (Å²) in [7, 11) is 0. The van der Waals surface area contributed by atoms with Crippen molar-refractivity contribution < 1.29 is 0 Å². The number of hydrogen-bond donors (Lipinski definition) is 0. The van der Waals surface area contributed by atoms with Gasteiger partial charge in [0.25, 0.3) is 0 Å². The summed E-state index contributed by atoms with van der Waals surface area (Å²) >= 11 is 6.73. The third-order valence-electron chi connectivity index (χ3n) is 3.97. The molecule has 0 aliphatic rings. The summed E-state index contributed by atoms with van der Waals surface area (Å²) in [6.45, 7) is 4.35. The zero-order valence-corrected chi connectivity index (χ0v) is 14.3. The second-order valence-electron chi connectivity index (χ2n) is 6.15. The van der Waals surface area contributed by atoms with Gasteiger partial charge in [-0.25, -0.2) is 0 Å². The lowest BCUT2D eigenvalue weighted by atomic mass is 9.86. The molecule has 0 fully saturated rings. The van der Waals surface area contributed by atoms with E-state index in [0.29, 0.717) is 5.92 Å². The molecule has 2 aromatic carbocycles. The normalized spacial score (nSPS) is 15.6. The predicted octanol–water partition coefficient (Wildman–Crippen LogP) is 6.67. The van der Waals surface area contributed by atoms with Gasteiger partial charge in [0.15, 0.2) is 0 Å². The average Bonchev–Trinajstić information content (AvgIpc) is 2.53. The zero-order valence-electron chi connectivity index (χ0n) is 13.5. The van der Waals surface area contributed by atoms with Gasteiger partial charge in [-0.1, -0.05) is 86.2 Å². The van der Waals surface area contributed by atoms with E-state index >= 15 is 0 Å². The van der Waals surface area contributed by atoms with Crippen LogP contribution in [-0.2, 0) is 0 Å². The lowest BCUT2D eigenvalue weighted by Gasteiger charge is -2.26. The second kappa shape index (κ2) is 8.19. The van der Waals surface area contributed by atoms with Crippen LogP contribution in [0.1, 0.15) is 50.2 Å². The van der Waals surface area contributed by atoms with E-state index in [-0.39, 0.29) is 4.87 Å². The van der Waals surface area contributed by atoms with Gasteiger partial charge in [-0.05, 0) is 30.9 Å². The Labute approximate surface area is 139 Å². The Morgan fingerprint density at radius 1 is 1.00 bits per heavy atom. The fraction of sp³-hybridized carbons (Fsp3) is 0.333. The minimum Gasteiger partial charge on any atom is -0.120 e. The van der Waals surface area contributed by atoms with E-state index < -0.39 is 0 Å². The van der Waals surface area contributed by atoms with Gasteiger partial charge in [0.05, 0.1) is 0 Å². The lowest BCUT2D eigenvalue weighted by molar-refractivity contribution is 0.501. The molecule has 0 spiro atoms. The molecule has 0 bridgehead atoms. The number of alkyl halides is 1. The highest BCUT2D eigenvalue weighted by atomic mass is 35.5. The van der Waals surface area contributed by atoms with Gasteiger partial charge >= 0.3 is 0 Å². The minimum absolute atomic E-state index is 0.156. The van der Waals surface area contributed by atoms with Gasteiger partial charge in [0, 0.05) is 10.8 Å². The molecular formula is C21H25Cl. The van der Waals surface area contributed by atoms with Crippen molar-refractivity contribution in [3.63, 3.8) is 0 Å². The number of rotatable bonds is 7. The molecule has 1 heteroatoms. The molecule has 0 amide bonds. The monoisotopic (exact) mass is 312 g/mol. The van der Waals surface area contributed by atoms with Gasteiger partial charge in [-0.3, -0.25) is 0 Å². The van der Waals surface area contributed by atoms with Crippen molar-refractivity contribution in [3.8, 4) is 0 Å². The van der Waals surface area contributed by atoms with Gasteiger partial charge in [-0.15, -0.1) is 11.6 Å². The average molecular weight is 313 g/mol. The van der Waals surface area contributed by atoms with Crippen LogP contribution in [-0.4, -0.2) is 4.87 Å². The molecule has 0 radical (unpaired) electrons. The molecule has 0 saturated heterocycles. The van der Waals surface area contributed by atoms with Gasteiger partial charge in [-0.2, -0.15) is 0 Å². The molecule has 0 heterocycles. The van der Waals surface area contributed by atoms with Crippen molar-refractivity contribution in [1.29, 1.82) is 0 Å². The molecule has 0 aliphatic heterocycles. The second-order valence-corrected chi connectivity index (χ2v) is 7.07. The van der Waals surface area contributed by atoms with Crippen LogP contribution >= 0.6 is 11.6 Å². The number of halogens is 1. The van der Waals surface area contributed by atoms with Crippen molar-refractivity contribution in [2.24, 2.45) is 0 Å². The minimum atomic E-state index is -0.156. The summed E-state index contributed by atoms with van der Waals surface area (Å²) in [6.07, 6.45) is 7.61. The Balaban J connectivity index is 2.20. The molecule has 116 valence electrons. The molecule has 0 aromatic heterocycles. The third kappa shape index (κ3) is 5.35. The highest BCUT2D eigenvalue weighted by molar-refractivity contribution is 6.23. The Hall–Kier alpha value is -1.53. The van der Waals surface area contributed by atoms with Gasteiger partial charge < -0.3 is 0 Å². The van der Waals surface area contributed by atoms with Crippen molar-refractivity contribution in [1.82, 2.24) is 0 Å². The quantitative estimate of drug-likeness (QED) is 0.501. The molecule has 0 saturated carbocycles. The molecule has 0 nitrogen and oxygen atoms in total. The summed E-state index contributed by atoms with van der Waals surface area (Å²) in [6, 6.07) is 21.1. The SMILES string of the molecule is CCCC(C)(Cl)CC(/C=C/c1ccccc1)c1ccccc1. The van der Waals surface area contributed by atoms with Crippen molar-refractivity contribution >= 4 is 17.7 Å². The van der Waals surface area contributed by atoms with E-state index in [2.05, 4.69) is 80.6 Å². The van der Waals surface area contributed by atoms with Crippen LogP contribution in [0.2, 0.25) is 0 Å². The molecular weight excluding hydrogens is 288 g/mol. The largest absolute Gasteiger partial charge is 0.120 e. The van der Waals surface area contributed by atoms with E-state index in [1.54, 1.807) is 0 Å². The topological polar surface area (TPSA) is 0 Å². The van der Waals surface area contributed by atoms with Crippen LogP contribution in [0.5, 0.6) is 0 Å². The maximum Gasteiger partial charge on any atom is 0.0427 e. The fourth-order valence-electron chi connectivity index (χ4n) is 2.87. The maximum atomic E-state index is 6.73. The Bertz CT molecular complexity index is 569. The molecule has 2 aromatic rings. The Morgan fingerprint density at radius 2 is 1.59 bits per heavy atom. The van der Waals surface area contributed by atoms with Crippen molar-refractivity contribution in [2.75, 3.05) is 0 Å². The maximum absolute atomic E-state index is 6.73. The van der Waals surface area contributed by atoms with E-state index in [1.807, 2.05) is 6.07 Å². The van der Waals surface area contributed by atoms with E-state index in [9.17, 15) is 0 Å². The fourth-order valence-corrected chi connectivity index (χ4v) is 3.23. The van der Waals surface area contributed by atoms with Crippen molar-refractivity contribution in [2.45, 2.75) is 43.9 Å². The summed E-state index contributed by atoms with van der Waals surface area (Å²) in [4.78, 5) is -0.156. The molecule has 2 atom stereocenters. The first-order valence-corrected chi connectivity index (χ1v) is 8.45. The van der Waals surface area contributed by atoms with Crippen LogP contribution in [0, 0.1) is 0 Å². The summed E-state index contributed by atoms with van der Waals surface area (Å²) in [5.74, 6) is 0.343. The highest BCUT2D eigenvalue weighted by Gasteiger charge is 2.24. The molecule has 0 N–H and O–H groups in total. The van der Waals surface area contributed by atoms with Crippen LogP contribution < -0.4 is 0 Å². The number of hydrogen-bond acceptors (Lipinski definition) is 0. The van der Waals surface area contributed by atoms with E-state index in [1.165, 1.54) is 11.1 Å². The Morgan fingerprint density at radius 3 is 2.18 bits per heavy atom. The number of benzene rings is 2. The van der Waals surface area contributed by atoms with Crippen LogP contribution in [0.15, 0.2) is 66.7 Å². The lowest BCUT2D eigenvalue weighted by Crippen LogP contribution is -2.19. The standard InChI is InChI=1S/C21H25Cl/c1-3-16-21(2,22)17-20(19-12-8-5-9-13-19)15-14-18-10-6-4-7-11-18/h4-15,20H,3,16-17H2,1-2H3/b15-14+. The van der Waals surface area contributed by atoms with E-state index in [4.69, 9.17) is 11.6 Å². The third-order valence-corrected chi connectivity index (χ3v) is 4.31. The van der Waals surface area contributed by atoms with Crippen LogP contribution in [0.4, 0.5) is 0 Å². The Kier molecular flexibility index (Phi) is 6.27. The first-order valence-electron chi connectivity index (χ1n) is 8.08. The summed E-state index contributed by atoms with van der Waals surface area (Å²) in [5.41, 5.74) is 2.56. The van der Waals surface area contributed by atoms with Crippen LogP contribution in [0.25, 0.3) is 6.08 Å². The van der Waals surface area contributed by atoms with Crippen molar-refractivity contribution in [3.05, 3.63) is 77.9 Å². The summed E-state index contributed by atoms with van der Waals surface area (Å²) < 4.78 is 0. The predicted molar refractivity (Wildman–Crippen MR) is 98.4 cm³/mol. The summed E-state index contributed by atoms with van der Waals surface area (Å²) in [5, 5.41) is 0. The van der Waals surface area contributed by atoms with Gasteiger partial charge in [0.1, 0.15) is 0 Å². The zero-order chi connectivity index (χ0) is 15.8. The molecule has 2 unspecified atom stereocenters. The number of allylic oxidation sites excluding steroid dienone is 1. The first kappa shape index (κ1) is 16.8. The first-order chi connectivity index (χ1) is 10.6. The molecule has 2 rings (SSSR count). The van der Waals surface area contributed by atoms with Gasteiger partial charge in [0.2, 0.25) is 0 Å². The highest BCUT2D eigenvalue weighted by Crippen LogP contribution is 2.35. The molecule has 22 heavy (non-hydrogen) atoms. The molecule has 0 aliphatic carbocycles.